The largest absolute Gasteiger partial charge is 0.469 e. The third kappa shape index (κ3) is 3.22. The number of alkyl halides is 1. The Bertz CT molecular complexity index is 62.7. The molecule has 0 fully saturated rings. The maximum absolute atomic E-state index is 11.1. The van der Waals surface area contributed by atoms with E-state index in [1.165, 1.54) is 7.11 Å². The maximum Gasteiger partial charge on any atom is 0.308 e. The minimum Gasteiger partial charge on any atom is -0.469 e. The normalized spacial score (nSPS) is 8.29. The molecule has 3 heteroatoms. The van der Waals surface area contributed by atoms with Gasteiger partial charge in [0.15, 0.2) is 0 Å². The van der Waals surface area contributed by atoms with Crippen LogP contribution in [0.25, 0.3) is 0 Å². The fraction of sp³-hybridized carbons (Fsp3) is 0.750. The average Bonchev–Trinajstić information content (AvgIpc) is 1.68. The van der Waals surface area contributed by atoms with E-state index in [2.05, 4.69) is 4.74 Å². The van der Waals surface area contributed by atoms with Crippen molar-refractivity contribution in [2.24, 2.45) is 0 Å². The SMILES string of the molecule is COC(=O)CCF. The van der Waals surface area contributed by atoms with Crippen LogP contribution in [-0.4, -0.2) is 19.8 Å². The molecule has 0 atom stereocenters. The Morgan fingerprint density at radius 3 is 2.57 bits per heavy atom. The van der Waals surface area contributed by atoms with Gasteiger partial charge in [0, 0.05) is 0 Å². The lowest BCUT2D eigenvalue weighted by Crippen LogP contribution is -1.99. The molecule has 0 aromatic rings. The highest BCUT2D eigenvalue weighted by molar-refractivity contribution is 5.69. The van der Waals surface area contributed by atoms with Gasteiger partial charge in [-0.15, -0.1) is 0 Å². The van der Waals surface area contributed by atoms with E-state index in [1.807, 2.05) is 0 Å². The van der Waals surface area contributed by atoms with Crippen molar-refractivity contribution < 1.29 is 13.9 Å². The number of esters is 1. The van der Waals surface area contributed by atoms with Crippen LogP contribution in [0.3, 0.4) is 0 Å². The molecule has 2 nitrogen and oxygen atoms in total. The molecule has 0 N–H and O–H groups in total. The molecule has 0 aliphatic carbocycles. The summed E-state index contributed by atoms with van der Waals surface area (Å²) >= 11 is 0. The van der Waals surface area contributed by atoms with Crippen molar-refractivity contribution in [2.45, 2.75) is 6.42 Å². The maximum atomic E-state index is 11.1. The highest BCUT2D eigenvalue weighted by Gasteiger charge is 1.94. The summed E-state index contributed by atoms with van der Waals surface area (Å²) in [7, 11) is 1.23. The Hall–Kier alpha value is -0.600. The van der Waals surface area contributed by atoms with Crippen molar-refractivity contribution in [1.82, 2.24) is 0 Å². The van der Waals surface area contributed by atoms with Crippen LogP contribution >= 0.6 is 0 Å². The molecular weight excluding hydrogens is 99.0 g/mol. The number of hydrogen-bond donors (Lipinski definition) is 0. The van der Waals surface area contributed by atoms with Gasteiger partial charge in [0.05, 0.1) is 20.2 Å². The van der Waals surface area contributed by atoms with Gasteiger partial charge in [-0.05, 0) is 0 Å². The Morgan fingerprint density at radius 2 is 2.43 bits per heavy atom. The highest BCUT2D eigenvalue weighted by Crippen LogP contribution is 1.82. The van der Waals surface area contributed by atoms with Crippen LogP contribution in [0.1, 0.15) is 6.42 Å². The number of ether oxygens (including phenoxy) is 1. The fourth-order valence-electron chi connectivity index (χ4n) is 0.179. The van der Waals surface area contributed by atoms with E-state index in [9.17, 15) is 9.18 Å². The van der Waals surface area contributed by atoms with Gasteiger partial charge in [-0.25, -0.2) is 0 Å². The first-order valence-electron chi connectivity index (χ1n) is 1.94. The van der Waals surface area contributed by atoms with E-state index >= 15 is 0 Å². The number of methoxy groups -OCH3 is 1. The van der Waals surface area contributed by atoms with Crippen molar-refractivity contribution in [2.75, 3.05) is 13.8 Å². The molecule has 0 rings (SSSR count). The first-order chi connectivity index (χ1) is 3.31. The Labute approximate surface area is 41.3 Å². The van der Waals surface area contributed by atoms with Gasteiger partial charge >= 0.3 is 5.97 Å². The second-order valence-corrected chi connectivity index (χ2v) is 1.02. The summed E-state index contributed by atoms with van der Waals surface area (Å²) in [4.78, 5) is 9.95. The van der Waals surface area contributed by atoms with Crippen LogP contribution in [0.4, 0.5) is 4.39 Å². The molecule has 7 heavy (non-hydrogen) atoms. The van der Waals surface area contributed by atoms with Crippen molar-refractivity contribution >= 4 is 5.97 Å². The monoisotopic (exact) mass is 106 g/mol. The first kappa shape index (κ1) is 6.40. The summed E-state index contributed by atoms with van der Waals surface area (Å²) in [5.74, 6) is -0.498. The predicted octanol–water partition coefficient (Wildman–Crippen LogP) is 0.519. The summed E-state index contributed by atoms with van der Waals surface area (Å²) in [6.07, 6.45) is -0.128. The van der Waals surface area contributed by atoms with Gasteiger partial charge in [-0.2, -0.15) is 0 Å². The second-order valence-electron chi connectivity index (χ2n) is 1.02. The van der Waals surface area contributed by atoms with E-state index < -0.39 is 12.6 Å². The van der Waals surface area contributed by atoms with Gasteiger partial charge in [0.25, 0.3) is 0 Å². The molecule has 42 valence electrons. The number of hydrogen-bond acceptors (Lipinski definition) is 2. The standard InChI is InChI=1S/C4H7FO2/c1-7-4(6)2-3-5/h2-3H2,1H3. The van der Waals surface area contributed by atoms with Crippen molar-refractivity contribution in [1.29, 1.82) is 0 Å². The number of halogens is 1. The minimum absolute atomic E-state index is 0.128. The lowest BCUT2D eigenvalue weighted by Gasteiger charge is -1.89. The number of carbonyl (C=O) groups is 1. The Morgan fingerprint density at radius 1 is 1.86 bits per heavy atom. The quantitative estimate of drug-likeness (QED) is 0.479. The molecule has 0 saturated carbocycles. The number of carbonyl (C=O) groups excluding carboxylic acids is 1. The molecule has 0 aromatic carbocycles. The molecule has 0 heterocycles. The molecule has 0 spiro atoms. The third-order valence-electron chi connectivity index (χ3n) is 0.526. The average molecular weight is 106 g/mol. The third-order valence-corrected chi connectivity index (χ3v) is 0.526. The van der Waals surface area contributed by atoms with E-state index in [-0.39, 0.29) is 6.42 Å². The van der Waals surface area contributed by atoms with E-state index in [0.29, 0.717) is 0 Å². The topological polar surface area (TPSA) is 26.3 Å². The smallest absolute Gasteiger partial charge is 0.308 e. The van der Waals surface area contributed by atoms with Crippen LogP contribution < -0.4 is 0 Å². The van der Waals surface area contributed by atoms with Crippen molar-refractivity contribution in [3.05, 3.63) is 0 Å². The fourth-order valence-corrected chi connectivity index (χ4v) is 0.179. The predicted molar refractivity (Wildman–Crippen MR) is 22.6 cm³/mol. The Kier molecular flexibility index (Phi) is 3.28. The highest BCUT2D eigenvalue weighted by atomic mass is 19.1. The van der Waals surface area contributed by atoms with Crippen molar-refractivity contribution in [3.63, 3.8) is 0 Å². The van der Waals surface area contributed by atoms with Crippen LogP contribution in [-0.2, 0) is 9.53 Å². The van der Waals surface area contributed by atoms with Crippen LogP contribution in [0.15, 0.2) is 0 Å². The minimum atomic E-state index is -0.632. The second kappa shape index (κ2) is 3.59. The molecule has 0 aliphatic heterocycles. The molecule has 0 radical (unpaired) electrons. The molecule has 0 unspecified atom stereocenters. The lowest BCUT2D eigenvalue weighted by atomic mass is 10.5. The van der Waals surface area contributed by atoms with Gasteiger partial charge in [-0.3, -0.25) is 9.18 Å². The molecule has 0 aliphatic rings. The summed E-state index contributed by atoms with van der Waals surface area (Å²) in [6, 6.07) is 0. The zero-order valence-electron chi connectivity index (χ0n) is 4.11. The lowest BCUT2D eigenvalue weighted by molar-refractivity contribution is -0.140. The van der Waals surface area contributed by atoms with E-state index in [4.69, 9.17) is 0 Å². The zero-order chi connectivity index (χ0) is 5.70. The first-order valence-corrected chi connectivity index (χ1v) is 1.94. The van der Waals surface area contributed by atoms with Crippen LogP contribution in [0.2, 0.25) is 0 Å². The van der Waals surface area contributed by atoms with E-state index in [0.717, 1.165) is 0 Å². The van der Waals surface area contributed by atoms with Gasteiger partial charge in [-0.1, -0.05) is 0 Å². The van der Waals surface area contributed by atoms with Gasteiger partial charge in [0.2, 0.25) is 0 Å². The molecule has 0 amide bonds. The number of rotatable bonds is 2. The molecule has 0 aromatic heterocycles. The summed E-state index contributed by atoms with van der Waals surface area (Å²) in [5, 5.41) is 0. The molecule has 0 saturated heterocycles. The van der Waals surface area contributed by atoms with Gasteiger partial charge < -0.3 is 4.74 Å². The molecular formula is C4H7FO2. The summed E-state index contributed by atoms with van der Waals surface area (Å²) in [6.45, 7) is -0.632. The van der Waals surface area contributed by atoms with Crippen LogP contribution in [0.5, 0.6) is 0 Å². The zero-order valence-corrected chi connectivity index (χ0v) is 4.11. The van der Waals surface area contributed by atoms with Crippen LogP contribution in [0, 0.1) is 0 Å². The van der Waals surface area contributed by atoms with Gasteiger partial charge in [0.1, 0.15) is 0 Å². The molecule has 0 bridgehead atoms. The summed E-state index contributed by atoms with van der Waals surface area (Å²) < 4.78 is 15.2. The van der Waals surface area contributed by atoms with Crippen molar-refractivity contribution in [3.8, 4) is 0 Å². The van der Waals surface area contributed by atoms with E-state index in [1.54, 1.807) is 0 Å². The summed E-state index contributed by atoms with van der Waals surface area (Å²) in [5.41, 5.74) is 0. The Balaban J connectivity index is 3.00.